The number of nitrogens with two attached hydrogens (primary N) is 1. The molecule has 0 amide bonds. The molecule has 0 saturated carbocycles. The average molecular weight is 333 g/mol. The van der Waals surface area contributed by atoms with E-state index in [1.807, 2.05) is 19.1 Å². The first-order valence-electron chi connectivity index (χ1n) is 6.84. The molecular formula is C17H19NO4S. The maximum absolute atomic E-state index is 11.9. The molecule has 1 heterocycles. The van der Waals surface area contributed by atoms with Gasteiger partial charge in [-0.05, 0) is 30.2 Å². The Morgan fingerprint density at radius 1 is 1.22 bits per heavy atom. The normalized spacial score (nSPS) is 10.3. The maximum atomic E-state index is 11.9. The van der Waals surface area contributed by atoms with Gasteiger partial charge in [0.1, 0.15) is 4.88 Å². The number of rotatable bonds is 5. The second kappa shape index (κ2) is 6.75. The van der Waals surface area contributed by atoms with Crippen molar-refractivity contribution < 1.29 is 19.0 Å². The number of hydrogen-bond acceptors (Lipinski definition) is 6. The van der Waals surface area contributed by atoms with E-state index in [2.05, 4.69) is 6.58 Å². The minimum atomic E-state index is -0.458. The summed E-state index contributed by atoms with van der Waals surface area (Å²) in [6.45, 7) is 5.76. The van der Waals surface area contributed by atoms with Crippen LogP contribution in [0.3, 0.4) is 0 Å². The van der Waals surface area contributed by atoms with Gasteiger partial charge in [-0.1, -0.05) is 12.7 Å². The van der Waals surface area contributed by atoms with Crippen molar-refractivity contribution in [1.82, 2.24) is 0 Å². The highest BCUT2D eigenvalue weighted by atomic mass is 32.1. The number of benzene rings is 1. The molecule has 0 bridgehead atoms. The van der Waals surface area contributed by atoms with Crippen LogP contribution in [0, 0.1) is 6.92 Å². The Kier molecular flexibility index (Phi) is 4.95. The van der Waals surface area contributed by atoms with Gasteiger partial charge < -0.3 is 19.9 Å². The zero-order chi connectivity index (χ0) is 17.1. The van der Waals surface area contributed by atoms with Crippen LogP contribution in [0.4, 0.5) is 5.69 Å². The Hall–Kier alpha value is -2.47. The molecule has 23 heavy (non-hydrogen) atoms. The van der Waals surface area contributed by atoms with E-state index < -0.39 is 5.97 Å². The zero-order valence-corrected chi connectivity index (χ0v) is 14.4. The minimum Gasteiger partial charge on any atom is -0.493 e. The molecule has 0 spiro atoms. The molecule has 0 aliphatic carbocycles. The van der Waals surface area contributed by atoms with Crippen LogP contribution in [0.15, 0.2) is 18.7 Å². The van der Waals surface area contributed by atoms with Gasteiger partial charge >= 0.3 is 5.97 Å². The van der Waals surface area contributed by atoms with Gasteiger partial charge in [-0.2, -0.15) is 0 Å². The fourth-order valence-corrected chi connectivity index (χ4v) is 3.55. The number of aryl methyl sites for hydroxylation is 1. The maximum Gasteiger partial charge on any atom is 0.350 e. The van der Waals surface area contributed by atoms with Gasteiger partial charge in [-0.3, -0.25) is 0 Å². The second-order valence-corrected chi connectivity index (χ2v) is 5.83. The third-order valence-corrected chi connectivity index (χ3v) is 4.77. The number of esters is 1. The molecule has 2 rings (SSSR count). The zero-order valence-electron chi connectivity index (χ0n) is 13.6. The summed E-state index contributed by atoms with van der Waals surface area (Å²) in [6, 6.07) is 3.75. The summed E-state index contributed by atoms with van der Waals surface area (Å²) in [4.78, 5) is 13.1. The summed E-state index contributed by atoms with van der Waals surface area (Å²) in [5.41, 5.74) is 9.06. The highest BCUT2D eigenvalue weighted by Crippen LogP contribution is 2.44. The van der Waals surface area contributed by atoms with Gasteiger partial charge in [-0.25, -0.2) is 4.79 Å². The number of nitrogen functional groups attached to an aromatic ring is 1. The summed E-state index contributed by atoms with van der Waals surface area (Å²) >= 11 is 1.28. The summed E-state index contributed by atoms with van der Waals surface area (Å²) in [7, 11) is 4.50. The van der Waals surface area contributed by atoms with Crippen LogP contribution in [0.1, 0.15) is 20.8 Å². The molecule has 2 aromatic rings. The van der Waals surface area contributed by atoms with Gasteiger partial charge in [0.15, 0.2) is 11.5 Å². The highest BCUT2D eigenvalue weighted by Gasteiger charge is 2.22. The number of anilines is 1. The van der Waals surface area contributed by atoms with E-state index in [-0.39, 0.29) is 0 Å². The van der Waals surface area contributed by atoms with E-state index in [1.54, 1.807) is 20.3 Å². The number of hydrogen-bond donors (Lipinski definition) is 1. The van der Waals surface area contributed by atoms with Gasteiger partial charge in [0.2, 0.25) is 0 Å². The van der Waals surface area contributed by atoms with Crippen molar-refractivity contribution in [1.29, 1.82) is 0 Å². The molecule has 2 N–H and O–H groups in total. The summed E-state index contributed by atoms with van der Waals surface area (Å²) in [6.07, 6.45) is 1.64. The fraction of sp³-hybridized carbons (Fsp3) is 0.235. The van der Waals surface area contributed by atoms with Gasteiger partial charge in [-0.15, -0.1) is 11.3 Å². The van der Waals surface area contributed by atoms with Crippen molar-refractivity contribution >= 4 is 29.1 Å². The quantitative estimate of drug-likeness (QED) is 0.844. The van der Waals surface area contributed by atoms with Crippen LogP contribution in [-0.4, -0.2) is 27.3 Å². The Labute approximate surface area is 139 Å². The largest absolute Gasteiger partial charge is 0.493 e. The molecule has 1 aromatic heterocycles. The topological polar surface area (TPSA) is 70.8 Å². The van der Waals surface area contributed by atoms with Gasteiger partial charge in [0, 0.05) is 10.4 Å². The first kappa shape index (κ1) is 16.9. The van der Waals surface area contributed by atoms with Crippen molar-refractivity contribution in [2.24, 2.45) is 0 Å². The van der Waals surface area contributed by atoms with Gasteiger partial charge in [0.25, 0.3) is 0 Å². The first-order valence-corrected chi connectivity index (χ1v) is 7.66. The molecule has 0 saturated heterocycles. The Morgan fingerprint density at radius 2 is 1.83 bits per heavy atom. The van der Waals surface area contributed by atoms with Crippen LogP contribution in [0.2, 0.25) is 0 Å². The monoisotopic (exact) mass is 333 g/mol. The Balaban J connectivity index is 2.71. The van der Waals surface area contributed by atoms with Gasteiger partial charge in [0.05, 0.1) is 27.0 Å². The third-order valence-electron chi connectivity index (χ3n) is 3.53. The number of thiophene rings is 1. The van der Waals surface area contributed by atoms with Crippen molar-refractivity contribution in [3.8, 4) is 21.9 Å². The van der Waals surface area contributed by atoms with Crippen LogP contribution < -0.4 is 15.2 Å². The van der Waals surface area contributed by atoms with Crippen molar-refractivity contribution in [3.63, 3.8) is 0 Å². The van der Waals surface area contributed by atoms with Crippen molar-refractivity contribution in [2.75, 3.05) is 27.1 Å². The summed E-state index contributed by atoms with van der Waals surface area (Å²) in [5, 5.41) is 0. The first-order chi connectivity index (χ1) is 11.0. The summed E-state index contributed by atoms with van der Waals surface area (Å²) in [5.74, 6) is 0.793. The van der Waals surface area contributed by atoms with E-state index in [1.165, 1.54) is 18.4 Å². The van der Waals surface area contributed by atoms with E-state index in [4.69, 9.17) is 19.9 Å². The van der Waals surface area contributed by atoms with Crippen molar-refractivity contribution in [2.45, 2.75) is 6.92 Å². The molecule has 5 nitrogen and oxygen atoms in total. The predicted octanol–water partition coefficient (Wildman–Crippen LogP) is 3.75. The van der Waals surface area contributed by atoms with Crippen LogP contribution in [0.25, 0.3) is 16.5 Å². The minimum absolute atomic E-state index is 0.367. The molecule has 0 unspecified atom stereocenters. The molecule has 0 radical (unpaired) electrons. The predicted molar refractivity (Wildman–Crippen MR) is 93.4 cm³/mol. The third kappa shape index (κ3) is 2.90. The number of carbonyl (C=O) groups excluding carboxylic acids is 1. The standard InChI is InChI=1S/C17H19NO4S/c1-6-10-14(18)16(17(19)22-5)23-15(10)11-8-13(21-4)12(20-3)7-9(11)2/h6-8H,1,18H2,2-5H3. The Bertz CT molecular complexity index is 764. The highest BCUT2D eigenvalue weighted by molar-refractivity contribution is 7.18. The number of ether oxygens (including phenoxy) is 3. The van der Waals surface area contributed by atoms with Crippen LogP contribution in [-0.2, 0) is 4.74 Å². The van der Waals surface area contributed by atoms with E-state index in [9.17, 15) is 4.79 Å². The fourth-order valence-electron chi connectivity index (χ4n) is 2.33. The van der Waals surface area contributed by atoms with E-state index in [0.717, 1.165) is 16.0 Å². The molecule has 122 valence electrons. The lowest BCUT2D eigenvalue weighted by Gasteiger charge is -2.12. The molecule has 1 aromatic carbocycles. The lowest BCUT2D eigenvalue weighted by molar-refractivity contribution is 0.0607. The summed E-state index contributed by atoms with van der Waals surface area (Å²) < 4.78 is 15.5. The SMILES string of the molecule is C=Cc1c(-c2cc(OC)c(OC)cc2C)sc(C(=O)OC)c1N. The number of methoxy groups -OCH3 is 3. The molecular weight excluding hydrogens is 314 g/mol. The van der Waals surface area contributed by atoms with Crippen LogP contribution >= 0.6 is 11.3 Å². The average Bonchev–Trinajstić information content (AvgIpc) is 2.90. The van der Waals surface area contributed by atoms with E-state index in [0.29, 0.717) is 27.6 Å². The smallest absolute Gasteiger partial charge is 0.350 e. The molecule has 0 fully saturated rings. The second-order valence-electron chi connectivity index (χ2n) is 4.81. The van der Waals surface area contributed by atoms with Crippen molar-refractivity contribution in [3.05, 3.63) is 34.7 Å². The lowest BCUT2D eigenvalue weighted by Crippen LogP contribution is -2.02. The molecule has 6 heteroatoms. The Morgan fingerprint density at radius 3 is 2.35 bits per heavy atom. The van der Waals surface area contributed by atoms with E-state index >= 15 is 0 Å². The molecule has 0 aliphatic heterocycles. The van der Waals surface area contributed by atoms with Crippen LogP contribution in [0.5, 0.6) is 11.5 Å². The molecule has 0 atom stereocenters. The molecule has 0 aliphatic rings. The number of carbonyl (C=O) groups is 1. The lowest BCUT2D eigenvalue weighted by atomic mass is 10.0.